The molecule has 1 aromatic rings. The van der Waals surface area contributed by atoms with E-state index in [2.05, 4.69) is 29.0 Å². The van der Waals surface area contributed by atoms with Gasteiger partial charge >= 0.3 is 0 Å². The molecule has 2 rings (SSSR count). The van der Waals surface area contributed by atoms with Crippen LogP contribution < -0.4 is 15.1 Å². The Morgan fingerprint density at radius 3 is 2.29 bits per heavy atom. The van der Waals surface area contributed by atoms with Crippen LogP contribution in [-0.2, 0) is 14.4 Å². The molecular weight excluding hydrogens is 426 g/mol. The third kappa shape index (κ3) is 10.3. The number of anilines is 2. The number of unbranched alkanes of at least 4 members (excludes halogenated alkanes) is 3. The molecule has 0 radical (unpaired) electrons. The minimum atomic E-state index is -0.468. The highest BCUT2D eigenvalue weighted by Gasteiger charge is 2.31. The molecule has 1 fully saturated rings. The quantitative estimate of drug-likeness (QED) is 0.281. The highest BCUT2D eigenvalue weighted by Crippen LogP contribution is 2.31. The van der Waals surface area contributed by atoms with Gasteiger partial charge in [-0.2, -0.15) is 0 Å². The molecule has 1 unspecified atom stereocenters. The Bertz CT molecular complexity index is 944. The van der Waals surface area contributed by atoms with Gasteiger partial charge in [-0.1, -0.05) is 33.6 Å². The first-order valence-corrected chi connectivity index (χ1v) is 10.6. The van der Waals surface area contributed by atoms with Gasteiger partial charge in [0.05, 0.1) is 11.4 Å². The largest absolute Gasteiger partial charge is 0.361 e. The first kappa shape index (κ1) is 32.5. The van der Waals surface area contributed by atoms with Gasteiger partial charge in [0.2, 0.25) is 18.2 Å². The number of piperidine rings is 1. The van der Waals surface area contributed by atoms with E-state index in [1.165, 1.54) is 4.90 Å². The Balaban J connectivity index is 0. The summed E-state index contributed by atoms with van der Waals surface area (Å²) in [4.78, 5) is 38.2. The number of carbonyl (C=O) groups excluding carboxylic acids is 3. The minimum absolute atomic E-state index is 0. The zero-order valence-corrected chi connectivity index (χ0v) is 19.1. The fraction of sp³-hybridized carbons (Fsp3) is 0.464. The Morgan fingerprint density at radius 2 is 1.74 bits per heavy atom. The van der Waals surface area contributed by atoms with E-state index in [4.69, 9.17) is 12.8 Å². The number of terminal acetylenes is 2. The van der Waals surface area contributed by atoms with E-state index in [0.29, 0.717) is 24.9 Å². The first-order chi connectivity index (χ1) is 15.4. The molecule has 1 aliphatic rings. The Labute approximate surface area is 206 Å². The number of nitrogens with zero attached hydrogens (tertiary/aromatic N) is 2. The van der Waals surface area contributed by atoms with Crippen LogP contribution in [0.5, 0.6) is 0 Å². The third-order valence-corrected chi connectivity index (χ3v) is 4.88. The topological polar surface area (TPSA) is 69.7 Å². The van der Waals surface area contributed by atoms with Gasteiger partial charge in [0.15, 0.2) is 0 Å². The van der Waals surface area contributed by atoms with Gasteiger partial charge in [-0.3, -0.25) is 19.7 Å². The van der Waals surface area contributed by atoms with Crippen molar-refractivity contribution in [3.05, 3.63) is 23.8 Å². The molecule has 0 saturated carbocycles. The average Bonchev–Trinajstić information content (AvgIpc) is 2.80. The smallest absolute Gasteiger partial charge is 0.249 e. The van der Waals surface area contributed by atoms with Gasteiger partial charge in [-0.05, 0) is 37.5 Å². The highest BCUT2D eigenvalue weighted by molar-refractivity contribution is 6.02. The Kier molecular flexibility index (Phi) is 17.0. The van der Waals surface area contributed by atoms with Crippen molar-refractivity contribution in [3.63, 3.8) is 0 Å². The maximum atomic E-state index is 12.2. The number of benzene rings is 1. The number of imide groups is 1. The second-order valence-electron chi connectivity index (χ2n) is 7.27. The van der Waals surface area contributed by atoms with Crippen LogP contribution in [0.3, 0.4) is 0 Å². The lowest BCUT2D eigenvalue weighted by molar-refractivity contribution is -0.134. The maximum absolute atomic E-state index is 12.2. The summed E-state index contributed by atoms with van der Waals surface area (Å²) in [7, 11) is 3.44. The molecule has 1 N–H and O–H groups in total. The zero-order chi connectivity index (χ0) is 23.9. The predicted molar refractivity (Wildman–Crippen MR) is 142 cm³/mol. The van der Waals surface area contributed by atoms with E-state index in [9.17, 15) is 14.4 Å². The third-order valence-electron chi connectivity index (χ3n) is 4.88. The maximum Gasteiger partial charge on any atom is 0.249 e. The molecule has 184 valence electrons. The van der Waals surface area contributed by atoms with E-state index in [1.807, 2.05) is 25.1 Å². The summed E-state index contributed by atoms with van der Waals surface area (Å²) in [5.74, 6) is 10.7. The average molecular weight is 466 g/mol. The van der Waals surface area contributed by atoms with Crippen LogP contribution in [0.4, 0.5) is 11.4 Å². The number of amides is 3. The summed E-state index contributed by atoms with van der Waals surface area (Å²) in [6.45, 7) is 1.94. The number of hydrogen-bond donors (Lipinski definition) is 1. The van der Waals surface area contributed by atoms with Gasteiger partial charge in [0.1, 0.15) is 6.04 Å². The van der Waals surface area contributed by atoms with Gasteiger partial charge in [-0.15, -0.1) is 24.7 Å². The number of likely N-dealkylation sites (N-methyl/N-ethyl adjacent to an activating group) is 1. The minimum Gasteiger partial charge on any atom is -0.361 e. The van der Waals surface area contributed by atoms with E-state index in [-0.39, 0.29) is 26.7 Å². The number of carbonyl (C=O) groups is 3. The number of nitrogens with one attached hydrogen (secondary N) is 1. The van der Waals surface area contributed by atoms with E-state index in [1.54, 1.807) is 19.0 Å². The number of hydrogen-bond acceptors (Lipinski definition) is 4. The molecule has 3 amide bonds. The summed E-state index contributed by atoms with van der Waals surface area (Å²) in [5, 5.41) is 2.37. The molecule has 1 saturated heterocycles. The lowest BCUT2D eigenvalue weighted by atomic mass is 10.0. The molecule has 1 heterocycles. The van der Waals surface area contributed by atoms with Crippen molar-refractivity contribution in [3.8, 4) is 36.5 Å². The molecule has 1 aromatic carbocycles. The summed E-state index contributed by atoms with van der Waals surface area (Å²) in [6.07, 6.45) is 15.7. The van der Waals surface area contributed by atoms with Crippen LogP contribution >= 0.6 is 0 Å². The van der Waals surface area contributed by atoms with E-state index >= 15 is 0 Å². The Morgan fingerprint density at radius 1 is 1.09 bits per heavy atom. The highest BCUT2D eigenvalue weighted by atomic mass is 16.2. The molecule has 1 aliphatic heterocycles. The van der Waals surface area contributed by atoms with Crippen LogP contribution in [-0.4, -0.2) is 38.4 Å². The van der Waals surface area contributed by atoms with E-state index < -0.39 is 6.04 Å². The second-order valence-corrected chi connectivity index (χ2v) is 7.27. The molecule has 0 spiro atoms. The summed E-state index contributed by atoms with van der Waals surface area (Å²) in [5.41, 5.74) is 2.17. The van der Waals surface area contributed by atoms with Crippen LogP contribution in [0, 0.1) is 36.5 Å². The first-order valence-electron chi connectivity index (χ1n) is 10.6. The van der Waals surface area contributed by atoms with Crippen molar-refractivity contribution in [1.82, 2.24) is 5.32 Å². The van der Waals surface area contributed by atoms with Crippen molar-refractivity contribution < 1.29 is 14.4 Å². The van der Waals surface area contributed by atoms with Gasteiger partial charge in [0.25, 0.3) is 0 Å². The Hall–Kier alpha value is -3.69. The normalized spacial score (nSPS) is 13.5. The van der Waals surface area contributed by atoms with Crippen LogP contribution in [0.15, 0.2) is 18.2 Å². The lowest BCUT2D eigenvalue weighted by Crippen LogP contribution is -2.51. The number of rotatable bonds is 7. The molecule has 1 atom stereocenters. The van der Waals surface area contributed by atoms with Crippen molar-refractivity contribution in [2.75, 3.05) is 23.9 Å². The van der Waals surface area contributed by atoms with Crippen molar-refractivity contribution in [1.29, 1.82) is 0 Å². The van der Waals surface area contributed by atoms with Gasteiger partial charge < -0.3 is 9.80 Å². The van der Waals surface area contributed by atoms with Gasteiger partial charge in [-0.25, -0.2) is 0 Å². The summed E-state index contributed by atoms with van der Waals surface area (Å²) >= 11 is 0. The van der Waals surface area contributed by atoms with Crippen LogP contribution in [0.2, 0.25) is 0 Å². The zero-order valence-electron chi connectivity index (χ0n) is 19.1. The molecular formula is C28H39N3O3. The molecule has 34 heavy (non-hydrogen) atoms. The van der Waals surface area contributed by atoms with Crippen LogP contribution in [0.25, 0.3) is 0 Å². The van der Waals surface area contributed by atoms with E-state index in [0.717, 1.165) is 43.4 Å². The monoisotopic (exact) mass is 465 g/mol. The van der Waals surface area contributed by atoms with Gasteiger partial charge in [0, 0.05) is 45.3 Å². The predicted octanol–water partition coefficient (Wildman–Crippen LogP) is 4.37. The molecule has 6 heteroatoms. The molecule has 0 aromatic heterocycles. The fourth-order valence-corrected chi connectivity index (χ4v) is 3.06. The van der Waals surface area contributed by atoms with Crippen LogP contribution in [0.1, 0.15) is 72.3 Å². The van der Waals surface area contributed by atoms with Crippen molar-refractivity contribution >= 4 is 29.6 Å². The second kappa shape index (κ2) is 17.8. The summed E-state index contributed by atoms with van der Waals surface area (Å²) < 4.78 is 0. The standard InChI is InChI=1S/C22H25N3O3.C4H6.2CH4/c1-4-5-6-7-8-9-10-17-11-12-18(20(15-17)24(2)16-26)25(3)19-13-14-21(27)23-22(19)28;1-3-4-2;;/h1,11-12,15-16,19H,5-8,13-14H2,2-3H3,(H,23,27,28);1H,4H2,2H3;2*1H4. The molecule has 0 aliphatic carbocycles. The molecule has 0 bridgehead atoms. The van der Waals surface area contributed by atoms with Crippen molar-refractivity contribution in [2.45, 2.75) is 72.8 Å². The fourth-order valence-electron chi connectivity index (χ4n) is 3.06. The molecule has 6 nitrogen and oxygen atoms in total. The summed E-state index contributed by atoms with van der Waals surface area (Å²) in [6, 6.07) is 5.08. The lowest BCUT2D eigenvalue weighted by Gasteiger charge is -2.33. The SMILES string of the molecule is C.C.C#CCC.C#CCCCCC#Cc1ccc(N(C)C2CCC(=O)NC2=O)c(N(C)C=O)c1. The van der Waals surface area contributed by atoms with Crippen molar-refractivity contribution in [2.24, 2.45) is 0 Å².